The predicted octanol–water partition coefficient (Wildman–Crippen LogP) is 2.78. The molecule has 2 aliphatic rings. The summed E-state index contributed by atoms with van der Waals surface area (Å²) in [5.74, 6) is 12.1. The second-order valence-electron chi connectivity index (χ2n) is 2.83. The van der Waals surface area contributed by atoms with Gasteiger partial charge in [-0.05, 0) is 0 Å². The van der Waals surface area contributed by atoms with Gasteiger partial charge in [0.05, 0.1) is 0 Å². The van der Waals surface area contributed by atoms with Crippen molar-refractivity contribution in [3.8, 4) is 23.7 Å². The van der Waals surface area contributed by atoms with Gasteiger partial charge >= 0.3 is 0 Å². The molecule has 0 nitrogen and oxygen atoms in total. The summed E-state index contributed by atoms with van der Waals surface area (Å²) in [5.41, 5.74) is 8.99. The van der Waals surface area contributed by atoms with Gasteiger partial charge in [0.15, 0.2) is 0 Å². The molecule has 0 spiro atoms. The van der Waals surface area contributed by atoms with Crippen LogP contribution in [0.15, 0.2) is 22.8 Å². The molecule has 0 aliphatic heterocycles. The van der Waals surface area contributed by atoms with Gasteiger partial charge in [0.2, 0.25) is 0 Å². The first kappa shape index (κ1) is 13.8. The average molecular weight is 371 g/mol. The molecule has 0 saturated heterocycles. The Morgan fingerprint density at radius 2 is 1.40 bits per heavy atom. The molecule has 2 aliphatic carbocycles. The largest absolute Gasteiger partial charge is 0.291 e. The van der Waals surface area contributed by atoms with Crippen LogP contribution in [0.25, 0.3) is 0 Å². The standard InChI is InChI=1S/C8H8.C6H3.Ir/c1-2-4-6-8-7-5-3-1;1-6-4-2-3-5-6;/h1-2,7-8H2;1H3;/q;-1;. The van der Waals surface area contributed by atoms with E-state index in [0.717, 1.165) is 31.3 Å². The van der Waals surface area contributed by atoms with Crippen LogP contribution in [0.3, 0.4) is 0 Å². The maximum Gasteiger partial charge on any atom is 0.0198 e. The van der Waals surface area contributed by atoms with Crippen molar-refractivity contribution in [3.63, 3.8) is 0 Å². The van der Waals surface area contributed by atoms with E-state index in [1.165, 1.54) is 0 Å². The molecule has 77 valence electrons. The van der Waals surface area contributed by atoms with Crippen LogP contribution in [0.1, 0.15) is 32.6 Å². The summed E-state index contributed by atoms with van der Waals surface area (Å²) in [4.78, 5) is 0. The molecule has 0 saturated carbocycles. The minimum absolute atomic E-state index is 0. The van der Waals surface area contributed by atoms with E-state index in [1.807, 2.05) is 6.92 Å². The Morgan fingerprint density at radius 1 is 0.933 bits per heavy atom. The van der Waals surface area contributed by atoms with E-state index in [-0.39, 0.29) is 20.1 Å². The van der Waals surface area contributed by atoms with Gasteiger partial charge in [0, 0.05) is 45.8 Å². The number of rotatable bonds is 0. The van der Waals surface area contributed by atoms with Gasteiger partial charge in [-0.25, -0.2) is 5.73 Å². The Bertz CT molecular complexity index is 403. The molecular formula is C14H11Ir-. The SMILES string of the molecule is C1#CCCC#CCC1.CC1=C=C=C=[C-]1.[Ir]. The molecule has 1 radical (unpaired) electrons. The Balaban J connectivity index is 0.000000253. The van der Waals surface area contributed by atoms with E-state index in [2.05, 4.69) is 47.0 Å². The zero-order valence-corrected chi connectivity index (χ0v) is 11.1. The third-order valence-corrected chi connectivity index (χ3v) is 1.56. The van der Waals surface area contributed by atoms with Crippen molar-refractivity contribution in [1.82, 2.24) is 0 Å². The van der Waals surface area contributed by atoms with Crippen molar-refractivity contribution in [2.75, 3.05) is 0 Å². The van der Waals surface area contributed by atoms with Crippen LogP contribution in [0.5, 0.6) is 0 Å². The van der Waals surface area contributed by atoms with E-state index < -0.39 is 0 Å². The van der Waals surface area contributed by atoms with Gasteiger partial charge in [-0.3, -0.25) is 11.5 Å². The molecule has 0 heterocycles. The smallest absolute Gasteiger partial charge is 0.0198 e. The Kier molecular flexibility index (Phi) is 8.68. The van der Waals surface area contributed by atoms with E-state index in [4.69, 9.17) is 0 Å². The van der Waals surface area contributed by atoms with Crippen LogP contribution in [0.2, 0.25) is 0 Å². The van der Waals surface area contributed by atoms with Crippen molar-refractivity contribution in [2.45, 2.75) is 32.6 Å². The molecule has 2 rings (SSSR count). The van der Waals surface area contributed by atoms with Crippen molar-refractivity contribution < 1.29 is 20.1 Å². The molecule has 0 amide bonds. The number of hydrogen-bond acceptors (Lipinski definition) is 0. The van der Waals surface area contributed by atoms with Crippen molar-refractivity contribution >= 4 is 0 Å². The maximum absolute atomic E-state index is 3.03. The first-order chi connectivity index (χ1) is 6.89. The fraction of sp³-hybridized carbons (Fsp3) is 0.357. The minimum atomic E-state index is 0. The van der Waals surface area contributed by atoms with Crippen molar-refractivity contribution in [3.05, 3.63) is 28.8 Å². The molecule has 1 heteroatoms. The topological polar surface area (TPSA) is 0 Å². The van der Waals surface area contributed by atoms with Crippen LogP contribution in [-0.2, 0) is 20.1 Å². The zero-order chi connectivity index (χ0) is 10.1. The molecule has 15 heavy (non-hydrogen) atoms. The Hall–Kier alpha value is -1.15. The fourth-order valence-electron chi connectivity index (χ4n) is 0.885. The van der Waals surface area contributed by atoms with Crippen LogP contribution in [0, 0.1) is 29.8 Å². The first-order valence-electron chi connectivity index (χ1n) is 4.66. The molecule has 0 fully saturated rings. The van der Waals surface area contributed by atoms with Gasteiger partial charge < -0.3 is 0 Å². The molecule has 0 unspecified atom stereocenters. The average Bonchev–Trinajstić information content (AvgIpc) is 2.55. The fourth-order valence-corrected chi connectivity index (χ4v) is 0.885. The number of allylic oxidation sites excluding steroid dienone is 2. The normalized spacial score (nSPS) is 13.8. The van der Waals surface area contributed by atoms with Gasteiger partial charge in [0.25, 0.3) is 0 Å². The van der Waals surface area contributed by atoms with Crippen LogP contribution >= 0.6 is 0 Å². The zero-order valence-electron chi connectivity index (χ0n) is 8.66. The molecule has 0 bridgehead atoms. The first-order valence-corrected chi connectivity index (χ1v) is 4.66. The summed E-state index contributed by atoms with van der Waals surface area (Å²) < 4.78 is 0. The summed E-state index contributed by atoms with van der Waals surface area (Å²) >= 11 is 0. The Labute approximate surface area is 105 Å². The molecule has 0 aromatic heterocycles. The monoisotopic (exact) mass is 372 g/mol. The second-order valence-corrected chi connectivity index (χ2v) is 2.83. The van der Waals surface area contributed by atoms with E-state index >= 15 is 0 Å². The molecular weight excluding hydrogens is 360 g/mol. The minimum Gasteiger partial charge on any atom is -0.291 e. The summed E-state index contributed by atoms with van der Waals surface area (Å²) in [5, 5.41) is 0. The predicted molar refractivity (Wildman–Crippen MR) is 57.0 cm³/mol. The summed E-state index contributed by atoms with van der Waals surface area (Å²) in [6.07, 6.45) is 6.62. The van der Waals surface area contributed by atoms with Crippen molar-refractivity contribution in [1.29, 1.82) is 0 Å². The summed E-state index contributed by atoms with van der Waals surface area (Å²) in [6, 6.07) is 0. The third kappa shape index (κ3) is 7.89. The summed E-state index contributed by atoms with van der Waals surface area (Å²) in [7, 11) is 0. The van der Waals surface area contributed by atoms with E-state index in [1.54, 1.807) is 0 Å². The van der Waals surface area contributed by atoms with Crippen molar-refractivity contribution in [2.24, 2.45) is 0 Å². The van der Waals surface area contributed by atoms with Crippen LogP contribution in [-0.4, -0.2) is 0 Å². The van der Waals surface area contributed by atoms with Gasteiger partial charge in [-0.1, -0.05) is 6.92 Å². The molecule has 0 atom stereocenters. The third-order valence-electron chi connectivity index (χ3n) is 1.56. The van der Waals surface area contributed by atoms with E-state index in [0.29, 0.717) is 0 Å². The molecule has 0 aromatic carbocycles. The number of hydrogen-bond donors (Lipinski definition) is 0. The van der Waals surface area contributed by atoms with Crippen LogP contribution in [0.4, 0.5) is 0 Å². The van der Waals surface area contributed by atoms with Crippen LogP contribution < -0.4 is 0 Å². The Morgan fingerprint density at radius 3 is 1.60 bits per heavy atom. The van der Waals surface area contributed by atoms with Gasteiger partial charge in [-0.15, -0.1) is 35.3 Å². The second kappa shape index (κ2) is 9.41. The van der Waals surface area contributed by atoms with Gasteiger partial charge in [0.1, 0.15) is 0 Å². The van der Waals surface area contributed by atoms with E-state index in [9.17, 15) is 0 Å². The quantitative estimate of drug-likeness (QED) is 0.349. The molecule has 0 N–H and O–H groups in total. The van der Waals surface area contributed by atoms with Gasteiger partial charge in [-0.2, -0.15) is 0 Å². The summed E-state index contributed by atoms with van der Waals surface area (Å²) in [6.45, 7) is 1.91. The molecule has 0 aromatic rings. The maximum atomic E-state index is 3.03.